The highest BCUT2D eigenvalue weighted by Crippen LogP contribution is 2.63. The van der Waals surface area contributed by atoms with Crippen LogP contribution in [-0.2, 0) is 12.0 Å². The van der Waals surface area contributed by atoms with Crippen LogP contribution in [-0.4, -0.2) is 33.7 Å². The molecule has 4 aromatic rings. The lowest BCUT2D eigenvalue weighted by atomic mass is 9.48. The van der Waals surface area contributed by atoms with Gasteiger partial charge in [0.2, 0.25) is 0 Å². The Labute approximate surface area is 192 Å². The van der Waals surface area contributed by atoms with Crippen molar-refractivity contribution in [2.75, 3.05) is 13.1 Å². The van der Waals surface area contributed by atoms with Crippen LogP contribution in [0.25, 0.3) is 0 Å². The average molecular weight is 436 g/mol. The topological polar surface area (TPSA) is 51.3 Å². The van der Waals surface area contributed by atoms with Gasteiger partial charge in [-0.25, -0.2) is 0 Å². The molecule has 5 nitrogen and oxygen atoms in total. The molecule has 1 amide bonds. The standard InChI is InChI=1S/C28H25N3O2/c1-28-22-9-4-2-7-19(22)26(20-8-3-5-10-23(20)28)21-16-30(17-24(21)28)27(32)25-12-11-18(33-25)15-31-14-6-13-29-31/h2-14,21,24,26H,15-17H2,1H3. The van der Waals surface area contributed by atoms with Crippen LogP contribution < -0.4 is 0 Å². The van der Waals surface area contributed by atoms with Gasteiger partial charge in [0, 0.05) is 36.8 Å². The lowest BCUT2D eigenvalue weighted by Crippen LogP contribution is -2.50. The maximum Gasteiger partial charge on any atom is 0.289 e. The number of carbonyl (C=O) groups excluding carboxylic acids is 1. The molecule has 0 spiro atoms. The second kappa shape index (κ2) is 6.70. The molecule has 8 rings (SSSR count). The molecule has 2 bridgehead atoms. The molecule has 0 saturated carbocycles. The largest absolute Gasteiger partial charge is 0.454 e. The monoisotopic (exact) mass is 435 g/mol. The number of likely N-dealkylation sites (tertiary alicyclic amines) is 1. The molecule has 3 heterocycles. The number of benzene rings is 2. The van der Waals surface area contributed by atoms with Gasteiger partial charge in [-0.05, 0) is 52.3 Å². The highest BCUT2D eigenvalue weighted by Gasteiger charge is 2.59. The Hall–Kier alpha value is -3.60. The zero-order valence-corrected chi connectivity index (χ0v) is 18.5. The quantitative estimate of drug-likeness (QED) is 0.470. The molecule has 1 aliphatic heterocycles. The number of hydrogen-bond donors (Lipinski definition) is 0. The summed E-state index contributed by atoms with van der Waals surface area (Å²) in [5.74, 6) is 2.31. The molecule has 2 aromatic heterocycles. The summed E-state index contributed by atoms with van der Waals surface area (Å²) in [5, 5.41) is 4.22. The highest BCUT2D eigenvalue weighted by atomic mass is 16.4. The lowest BCUT2D eigenvalue weighted by molar-refractivity contribution is 0.0748. The fourth-order valence-electron chi connectivity index (χ4n) is 6.89. The van der Waals surface area contributed by atoms with E-state index in [0.717, 1.165) is 18.8 Å². The minimum Gasteiger partial charge on any atom is -0.454 e. The Morgan fingerprint density at radius 1 is 1.00 bits per heavy atom. The second-order valence-electron chi connectivity index (χ2n) is 9.80. The molecule has 2 aromatic carbocycles. The fraction of sp³-hybridized carbons (Fsp3) is 0.286. The SMILES string of the molecule is CC12c3ccccc3C(c3ccccc31)C1CN(C(=O)c3ccc(Cn4cccn4)o3)CC12. The molecule has 1 saturated heterocycles. The van der Waals surface area contributed by atoms with E-state index in [1.165, 1.54) is 22.3 Å². The van der Waals surface area contributed by atoms with Crippen molar-refractivity contribution in [2.24, 2.45) is 11.8 Å². The van der Waals surface area contributed by atoms with Gasteiger partial charge in [-0.15, -0.1) is 0 Å². The van der Waals surface area contributed by atoms with Crippen LogP contribution >= 0.6 is 0 Å². The first-order valence-electron chi connectivity index (χ1n) is 11.7. The van der Waals surface area contributed by atoms with E-state index in [9.17, 15) is 4.79 Å². The van der Waals surface area contributed by atoms with E-state index in [1.54, 1.807) is 10.9 Å². The van der Waals surface area contributed by atoms with Crippen LogP contribution in [0.5, 0.6) is 0 Å². The smallest absolute Gasteiger partial charge is 0.289 e. The first-order valence-corrected chi connectivity index (χ1v) is 11.7. The number of nitrogens with zero attached hydrogens (tertiary/aromatic N) is 3. The van der Waals surface area contributed by atoms with Crippen molar-refractivity contribution in [2.45, 2.75) is 24.8 Å². The van der Waals surface area contributed by atoms with Gasteiger partial charge in [0.25, 0.3) is 5.91 Å². The Kier molecular flexibility index (Phi) is 3.84. The molecular weight excluding hydrogens is 410 g/mol. The van der Waals surface area contributed by atoms with Gasteiger partial charge in [0.1, 0.15) is 5.76 Å². The Bertz CT molecular complexity index is 1320. The number of furan rings is 1. The Morgan fingerprint density at radius 2 is 1.73 bits per heavy atom. The van der Waals surface area contributed by atoms with Crippen LogP contribution in [0.2, 0.25) is 0 Å². The maximum absolute atomic E-state index is 13.5. The van der Waals surface area contributed by atoms with Crippen molar-refractivity contribution in [3.8, 4) is 0 Å². The third-order valence-electron chi connectivity index (χ3n) is 8.28. The predicted octanol–water partition coefficient (Wildman–Crippen LogP) is 4.68. The summed E-state index contributed by atoms with van der Waals surface area (Å²) in [4.78, 5) is 15.5. The lowest BCUT2D eigenvalue weighted by Gasteiger charge is -2.54. The summed E-state index contributed by atoms with van der Waals surface area (Å²) in [6, 6.07) is 23.4. The van der Waals surface area contributed by atoms with Crippen molar-refractivity contribution in [3.05, 3.63) is 113 Å². The molecule has 164 valence electrons. The van der Waals surface area contributed by atoms with Crippen molar-refractivity contribution in [3.63, 3.8) is 0 Å². The maximum atomic E-state index is 13.5. The van der Waals surface area contributed by atoms with Crippen molar-refractivity contribution < 1.29 is 9.21 Å². The second-order valence-corrected chi connectivity index (χ2v) is 9.80. The van der Waals surface area contributed by atoms with Crippen LogP contribution in [0.15, 0.2) is 83.5 Å². The normalized spacial score (nSPS) is 26.7. The minimum atomic E-state index is -0.0873. The molecule has 0 N–H and O–H groups in total. The van der Waals surface area contributed by atoms with E-state index in [1.807, 2.05) is 29.3 Å². The highest BCUT2D eigenvalue weighted by molar-refractivity contribution is 5.92. The summed E-state index contributed by atoms with van der Waals surface area (Å²) in [6.07, 6.45) is 3.63. The summed E-state index contributed by atoms with van der Waals surface area (Å²) in [5.41, 5.74) is 5.66. The molecule has 3 aliphatic carbocycles. The van der Waals surface area contributed by atoms with Crippen molar-refractivity contribution in [1.82, 2.24) is 14.7 Å². The summed E-state index contributed by atoms with van der Waals surface area (Å²) < 4.78 is 7.75. The van der Waals surface area contributed by atoms with Gasteiger partial charge in [0.15, 0.2) is 5.76 Å². The van der Waals surface area contributed by atoms with Crippen LogP contribution in [0.4, 0.5) is 0 Å². The number of hydrogen-bond acceptors (Lipinski definition) is 3. The summed E-state index contributed by atoms with van der Waals surface area (Å²) in [6.45, 7) is 4.44. The van der Waals surface area contributed by atoms with Crippen LogP contribution in [0.3, 0.4) is 0 Å². The van der Waals surface area contributed by atoms with E-state index >= 15 is 0 Å². The zero-order chi connectivity index (χ0) is 22.2. The van der Waals surface area contributed by atoms with E-state index in [4.69, 9.17) is 4.42 Å². The van der Waals surface area contributed by atoms with Crippen molar-refractivity contribution >= 4 is 5.91 Å². The molecule has 2 unspecified atom stereocenters. The van der Waals surface area contributed by atoms with Crippen molar-refractivity contribution in [1.29, 1.82) is 0 Å². The fourth-order valence-corrected chi connectivity index (χ4v) is 6.89. The Morgan fingerprint density at radius 3 is 2.42 bits per heavy atom. The minimum absolute atomic E-state index is 0.00720. The number of carbonyl (C=O) groups is 1. The molecule has 5 heteroatoms. The van der Waals surface area contributed by atoms with Gasteiger partial charge >= 0.3 is 0 Å². The van der Waals surface area contributed by atoms with Crippen LogP contribution in [0, 0.1) is 11.8 Å². The zero-order valence-electron chi connectivity index (χ0n) is 18.5. The summed E-state index contributed by atoms with van der Waals surface area (Å²) in [7, 11) is 0. The number of aromatic nitrogens is 2. The molecule has 4 aliphatic rings. The first kappa shape index (κ1) is 18.9. The summed E-state index contributed by atoms with van der Waals surface area (Å²) >= 11 is 0. The Balaban J connectivity index is 1.23. The number of rotatable bonds is 3. The van der Waals surface area contributed by atoms with E-state index < -0.39 is 0 Å². The molecule has 33 heavy (non-hydrogen) atoms. The molecular formula is C28H25N3O2. The van der Waals surface area contributed by atoms with Crippen LogP contribution in [0.1, 0.15) is 51.4 Å². The molecule has 0 radical (unpaired) electrons. The van der Waals surface area contributed by atoms with Gasteiger partial charge in [-0.1, -0.05) is 55.5 Å². The third kappa shape index (κ3) is 2.53. The van der Waals surface area contributed by atoms with Gasteiger partial charge in [-0.3, -0.25) is 9.48 Å². The molecule has 2 atom stereocenters. The van der Waals surface area contributed by atoms with E-state index in [2.05, 4.69) is 60.6 Å². The third-order valence-corrected chi connectivity index (χ3v) is 8.28. The van der Waals surface area contributed by atoms with Gasteiger partial charge in [0.05, 0.1) is 6.54 Å². The van der Waals surface area contributed by atoms with E-state index in [0.29, 0.717) is 30.1 Å². The average Bonchev–Trinajstić information content (AvgIpc) is 3.61. The van der Waals surface area contributed by atoms with E-state index in [-0.39, 0.29) is 11.3 Å². The first-order chi connectivity index (χ1) is 16.1. The van der Waals surface area contributed by atoms with Gasteiger partial charge < -0.3 is 9.32 Å². The molecule has 1 fully saturated rings. The number of amides is 1. The predicted molar refractivity (Wildman–Crippen MR) is 124 cm³/mol. The van der Waals surface area contributed by atoms with Gasteiger partial charge in [-0.2, -0.15) is 5.10 Å².